The van der Waals surface area contributed by atoms with Crippen LogP contribution in [0, 0.1) is 0 Å². The van der Waals surface area contributed by atoms with Crippen molar-refractivity contribution in [3.05, 3.63) is 51.8 Å². The normalized spacial score (nSPS) is 18.8. The lowest BCUT2D eigenvalue weighted by molar-refractivity contribution is -0.124. The molecule has 1 amide bonds. The van der Waals surface area contributed by atoms with Gasteiger partial charge in [0.2, 0.25) is 5.91 Å². The van der Waals surface area contributed by atoms with Crippen LogP contribution in [0.3, 0.4) is 0 Å². The second-order valence-corrected chi connectivity index (χ2v) is 9.89. The van der Waals surface area contributed by atoms with E-state index in [0.29, 0.717) is 13.0 Å². The van der Waals surface area contributed by atoms with Gasteiger partial charge in [0.1, 0.15) is 10.3 Å². The van der Waals surface area contributed by atoms with Crippen molar-refractivity contribution in [2.45, 2.75) is 36.1 Å². The minimum atomic E-state index is -3.74. The van der Waals surface area contributed by atoms with Gasteiger partial charge < -0.3 is 5.32 Å². The highest BCUT2D eigenvalue weighted by Crippen LogP contribution is 2.27. The number of nitrogens with zero attached hydrogens (tertiary/aromatic N) is 1. The summed E-state index contributed by atoms with van der Waals surface area (Å²) in [4.78, 5) is 12.5. The van der Waals surface area contributed by atoms with Crippen LogP contribution in [0.1, 0.15) is 24.8 Å². The number of hydrogen-bond acceptors (Lipinski definition) is 4. The summed E-state index contributed by atoms with van der Waals surface area (Å²) in [6.45, 7) is 0.770. The number of thiophene rings is 1. The summed E-state index contributed by atoms with van der Waals surface area (Å²) >= 11 is 4.56. The standard InChI is InChI=1S/C17H19BrN2O3S2/c18-14-8-6-13(7-9-14)12-20(15-4-1-2-10-19-17(15)21)25(22,23)16-5-3-11-24-16/h3,5-9,11,15H,1-2,4,10,12H2,(H,19,21). The van der Waals surface area contributed by atoms with E-state index in [9.17, 15) is 13.2 Å². The molecule has 5 nitrogen and oxygen atoms in total. The Kier molecular flexibility index (Phi) is 5.93. The molecule has 1 aromatic heterocycles. The Morgan fingerprint density at radius 3 is 2.64 bits per heavy atom. The Morgan fingerprint density at radius 1 is 1.20 bits per heavy atom. The van der Waals surface area contributed by atoms with Gasteiger partial charge in [0.05, 0.1) is 0 Å². The summed E-state index contributed by atoms with van der Waals surface area (Å²) in [5, 5.41) is 4.57. The molecule has 0 spiro atoms. The smallest absolute Gasteiger partial charge is 0.253 e. The second kappa shape index (κ2) is 7.99. The first kappa shape index (κ1) is 18.6. The van der Waals surface area contributed by atoms with Crippen LogP contribution in [-0.2, 0) is 21.4 Å². The number of carbonyl (C=O) groups excluding carboxylic acids is 1. The van der Waals surface area contributed by atoms with E-state index in [1.165, 1.54) is 15.6 Å². The first-order valence-corrected chi connectivity index (χ1v) is 11.2. The number of benzene rings is 1. The Labute approximate surface area is 160 Å². The molecule has 0 saturated carbocycles. The summed E-state index contributed by atoms with van der Waals surface area (Å²) in [6, 6.07) is 10.1. The van der Waals surface area contributed by atoms with Crippen molar-refractivity contribution in [2.24, 2.45) is 0 Å². The molecule has 0 radical (unpaired) electrons. The van der Waals surface area contributed by atoms with Crippen LogP contribution in [0.25, 0.3) is 0 Å². The van der Waals surface area contributed by atoms with Crippen LogP contribution in [0.5, 0.6) is 0 Å². The summed E-state index contributed by atoms with van der Waals surface area (Å²) in [7, 11) is -3.74. The molecule has 8 heteroatoms. The van der Waals surface area contributed by atoms with Crippen molar-refractivity contribution in [2.75, 3.05) is 6.54 Å². The van der Waals surface area contributed by atoms with Gasteiger partial charge in [-0.2, -0.15) is 4.31 Å². The molecule has 1 aromatic carbocycles. The maximum atomic E-state index is 13.2. The fourth-order valence-electron chi connectivity index (χ4n) is 2.86. The highest BCUT2D eigenvalue weighted by Gasteiger charge is 2.36. The van der Waals surface area contributed by atoms with Gasteiger partial charge in [-0.15, -0.1) is 11.3 Å². The average molecular weight is 443 g/mol. The number of rotatable bonds is 5. The summed E-state index contributed by atoms with van der Waals surface area (Å²) in [6.07, 6.45) is 2.22. The predicted molar refractivity (Wildman–Crippen MR) is 102 cm³/mol. The quantitative estimate of drug-likeness (QED) is 0.771. The van der Waals surface area contributed by atoms with Gasteiger partial charge in [-0.3, -0.25) is 4.79 Å². The number of carbonyl (C=O) groups is 1. The molecule has 1 aliphatic rings. The van der Waals surface area contributed by atoms with E-state index < -0.39 is 16.1 Å². The number of hydrogen-bond donors (Lipinski definition) is 1. The van der Waals surface area contributed by atoms with Gasteiger partial charge in [-0.05, 0) is 48.4 Å². The third-order valence-corrected chi connectivity index (χ3v) is 7.92. The molecule has 1 unspecified atom stereocenters. The molecular formula is C17H19BrN2O3S2. The first-order valence-electron chi connectivity index (χ1n) is 8.06. The number of halogens is 1. The van der Waals surface area contributed by atoms with Gasteiger partial charge in [-0.1, -0.05) is 34.1 Å². The van der Waals surface area contributed by atoms with E-state index in [2.05, 4.69) is 21.2 Å². The highest BCUT2D eigenvalue weighted by atomic mass is 79.9. The molecule has 0 aliphatic carbocycles. The average Bonchev–Trinajstić information content (AvgIpc) is 3.06. The van der Waals surface area contributed by atoms with E-state index in [1.54, 1.807) is 17.5 Å². The van der Waals surface area contributed by atoms with E-state index in [0.717, 1.165) is 22.9 Å². The number of nitrogens with one attached hydrogen (secondary N) is 1. The van der Waals surface area contributed by atoms with Gasteiger partial charge in [0.15, 0.2) is 0 Å². The Hall–Kier alpha value is -1.22. The fourth-order valence-corrected chi connectivity index (χ4v) is 5.85. The van der Waals surface area contributed by atoms with Crippen LogP contribution in [-0.4, -0.2) is 31.2 Å². The van der Waals surface area contributed by atoms with Crippen LogP contribution >= 0.6 is 27.3 Å². The van der Waals surface area contributed by atoms with E-state index in [-0.39, 0.29) is 16.7 Å². The van der Waals surface area contributed by atoms with Crippen LogP contribution in [0.2, 0.25) is 0 Å². The molecule has 3 rings (SSSR count). The molecule has 2 heterocycles. The monoisotopic (exact) mass is 442 g/mol. The topological polar surface area (TPSA) is 66.5 Å². The lowest BCUT2D eigenvalue weighted by Crippen LogP contribution is -2.48. The van der Waals surface area contributed by atoms with E-state index in [1.807, 2.05) is 24.3 Å². The maximum Gasteiger partial charge on any atom is 0.253 e. The van der Waals surface area contributed by atoms with Crippen molar-refractivity contribution >= 4 is 43.2 Å². The lowest BCUT2D eigenvalue weighted by atomic mass is 10.1. The molecule has 1 N–H and O–H groups in total. The minimum Gasteiger partial charge on any atom is -0.355 e. The largest absolute Gasteiger partial charge is 0.355 e. The molecule has 134 valence electrons. The fraction of sp³-hybridized carbons (Fsp3) is 0.353. The van der Waals surface area contributed by atoms with Gasteiger partial charge in [0.25, 0.3) is 10.0 Å². The lowest BCUT2D eigenvalue weighted by Gasteiger charge is -2.28. The van der Waals surface area contributed by atoms with E-state index in [4.69, 9.17) is 0 Å². The zero-order valence-corrected chi connectivity index (χ0v) is 16.7. The highest BCUT2D eigenvalue weighted by molar-refractivity contribution is 9.10. The molecule has 1 saturated heterocycles. The number of sulfonamides is 1. The molecule has 1 aliphatic heterocycles. The second-order valence-electron chi connectivity index (χ2n) is 5.91. The predicted octanol–water partition coefficient (Wildman–Crippen LogP) is 3.37. The van der Waals surface area contributed by atoms with Gasteiger partial charge in [0, 0.05) is 17.6 Å². The number of amides is 1. The van der Waals surface area contributed by atoms with Crippen molar-refractivity contribution in [3.8, 4) is 0 Å². The van der Waals surface area contributed by atoms with Crippen molar-refractivity contribution in [1.82, 2.24) is 9.62 Å². The molecule has 2 aromatic rings. The zero-order chi connectivity index (χ0) is 17.9. The SMILES string of the molecule is O=C1NCCCCC1N(Cc1ccc(Br)cc1)S(=O)(=O)c1cccs1. The minimum absolute atomic E-state index is 0.172. The Bertz CT molecular complexity index is 820. The Morgan fingerprint density at radius 2 is 1.96 bits per heavy atom. The molecule has 1 fully saturated rings. The van der Waals surface area contributed by atoms with Crippen molar-refractivity contribution in [1.29, 1.82) is 0 Å². The van der Waals surface area contributed by atoms with Gasteiger partial charge >= 0.3 is 0 Å². The summed E-state index contributed by atoms with van der Waals surface area (Å²) < 4.78 is 28.9. The van der Waals surface area contributed by atoms with E-state index >= 15 is 0 Å². The van der Waals surface area contributed by atoms with Crippen LogP contribution < -0.4 is 5.32 Å². The third kappa shape index (κ3) is 4.31. The van der Waals surface area contributed by atoms with Gasteiger partial charge in [-0.25, -0.2) is 8.42 Å². The van der Waals surface area contributed by atoms with Crippen LogP contribution in [0.15, 0.2) is 50.5 Å². The Balaban J connectivity index is 1.98. The van der Waals surface area contributed by atoms with Crippen molar-refractivity contribution < 1.29 is 13.2 Å². The molecule has 0 bridgehead atoms. The van der Waals surface area contributed by atoms with Crippen molar-refractivity contribution in [3.63, 3.8) is 0 Å². The third-order valence-electron chi connectivity index (χ3n) is 4.16. The summed E-state index contributed by atoms with van der Waals surface area (Å²) in [5.41, 5.74) is 0.848. The van der Waals surface area contributed by atoms with Crippen LogP contribution in [0.4, 0.5) is 0 Å². The molecule has 1 atom stereocenters. The zero-order valence-electron chi connectivity index (χ0n) is 13.5. The first-order chi connectivity index (χ1) is 12.0. The summed E-state index contributed by atoms with van der Waals surface area (Å²) in [5.74, 6) is -0.213. The molecular weight excluding hydrogens is 424 g/mol. The maximum absolute atomic E-state index is 13.2. The molecule has 25 heavy (non-hydrogen) atoms.